The molecule has 1 saturated heterocycles. The Morgan fingerprint density at radius 3 is 2.67 bits per heavy atom. The number of hydrogen-bond donors (Lipinski definition) is 0. The fraction of sp³-hybridized carbons (Fsp3) is 0.462. The number of fused-ring (bicyclic) bond motifs is 1. The van der Waals surface area contributed by atoms with Crippen LogP contribution in [-0.2, 0) is 22.4 Å². The molecule has 0 radical (unpaired) electrons. The summed E-state index contributed by atoms with van der Waals surface area (Å²) < 4.78 is 0. The zero-order valence-electron chi connectivity index (χ0n) is 9.86. The largest absolute Gasteiger partial charge is 0.297 e. The SMILES string of the molecule is N#Cc1c(N2CC(=O)CC2=O)sc2c1CCCC2. The van der Waals surface area contributed by atoms with Gasteiger partial charge in [0.05, 0.1) is 18.5 Å². The maximum Gasteiger partial charge on any atom is 0.235 e. The molecule has 1 amide bonds. The van der Waals surface area contributed by atoms with Gasteiger partial charge in [-0.2, -0.15) is 5.26 Å². The van der Waals surface area contributed by atoms with Crippen LogP contribution in [0, 0.1) is 11.3 Å². The van der Waals surface area contributed by atoms with E-state index in [-0.39, 0.29) is 24.7 Å². The minimum absolute atomic E-state index is 0.0204. The van der Waals surface area contributed by atoms with Gasteiger partial charge in [-0.3, -0.25) is 14.5 Å². The van der Waals surface area contributed by atoms with Gasteiger partial charge in [0.1, 0.15) is 11.1 Å². The Bertz CT molecular complexity index is 583. The number of anilines is 1. The monoisotopic (exact) mass is 260 g/mol. The van der Waals surface area contributed by atoms with Crippen LogP contribution in [0.2, 0.25) is 0 Å². The van der Waals surface area contributed by atoms with Gasteiger partial charge in [0.15, 0.2) is 5.78 Å². The summed E-state index contributed by atoms with van der Waals surface area (Å²) in [6.07, 6.45) is 4.14. The van der Waals surface area contributed by atoms with Crippen LogP contribution >= 0.6 is 11.3 Å². The van der Waals surface area contributed by atoms with E-state index in [2.05, 4.69) is 6.07 Å². The Balaban J connectivity index is 2.07. The Labute approximate surface area is 109 Å². The van der Waals surface area contributed by atoms with E-state index in [1.807, 2.05) is 0 Å². The summed E-state index contributed by atoms with van der Waals surface area (Å²) in [5.74, 6) is -0.231. The molecule has 1 aliphatic heterocycles. The molecule has 5 heteroatoms. The molecule has 1 fully saturated rings. The van der Waals surface area contributed by atoms with E-state index < -0.39 is 0 Å². The number of carbonyl (C=O) groups excluding carboxylic acids is 2. The minimum Gasteiger partial charge on any atom is -0.297 e. The van der Waals surface area contributed by atoms with Gasteiger partial charge in [-0.15, -0.1) is 11.3 Å². The maximum absolute atomic E-state index is 11.8. The van der Waals surface area contributed by atoms with Crippen molar-refractivity contribution in [3.8, 4) is 6.07 Å². The lowest BCUT2D eigenvalue weighted by Gasteiger charge is -2.12. The molecule has 0 saturated carbocycles. The van der Waals surface area contributed by atoms with Crippen LogP contribution in [-0.4, -0.2) is 18.2 Å². The second-order valence-corrected chi connectivity index (χ2v) is 5.78. The first-order valence-corrected chi connectivity index (χ1v) is 6.89. The van der Waals surface area contributed by atoms with Gasteiger partial charge in [-0.05, 0) is 31.2 Å². The number of amides is 1. The highest BCUT2D eigenvalue weighted by Crippen LogP contribution is 2.40. The standard InChI is InChI=1S/C13H12N2O2S/c14-6-10-9-3-1-2-4-11(9)18-13(10)15-7-8(16)5-12(15)17/h1-5,7H2. The summed E-state index contributed by atoms with van der Waals surface area (Å²) >= 11 is 1.52. The summed E-state index contributed by atoms with van der Waals surface area (Å²) in [4.78, 5) is 25.8. The average molecular weight is 260 g/mol. The molecule has 0 N–H and O–H groups in total. The predicted molar refractivity (Wildman–Crippen MR) is 67.7 cm³/mol. The van der Waals surface area contributed by atoms with Gasteiger partial charge in [0.25, 0.3) is 0 Å². The molecular weight excluding hydrogens is 248 g/mol. The van der Waals surface area contributed by atoms with E-state index in [9.17, 15) is 14.9 Å². The second kappa shape index (κ2) is 4.21. The van der Waals surface area contributed by atoms with Crippen LogP contribution in [0.4, 0.5) is 5.00 Å². The van der Waals surface area contributed by atoms with E-state index in [1.165, 1.54) is 21.1 Å². The number of rotatable bonds is 1. The third-order valence-corrected chi connectivity index (χ3v) is 4.81. The molecule has 1 aromatic rings. The second-order valence-electron chi connectivity index (χ2n) is 4.70. The number of Topliss-reactive ketones (excluding diaryl/α,β-unsaturated/α-hetero) is 1. The lowest BCUT2D eigenvalue weighted by molar-refractivity contribution is -0.121. The number of nitriles is 1. The molecule has 92 valence electrons. The average Bonchev–Trinajstić information content (AvgIpc) is 2.88. The summed E-state index contributed by atoms with van der Waals surface area (Å²) in [7, 11) is 0. The van der Waals surface area contributed by atoms with Crippen molar-refractivity contribution in [2.75, 3.05) is 11.4 Å². The fourth-order valence-electron chi connectivity index (χ4n) is 2.63. The van der Waals surface area contributed by atoms with E-state index in [1.54, 1.807) is 0 Å². The van der Waals surface area contributed by atoms with Crippen LogP contribution < -0.4 is 4.90 Å². The van der Waals surface area contributed by atoms with E-state index in [0.717, 1.165) is 31.2 Å². The normalized spacial score (nSPS) is 18.9. The summed E-state index contributed by atoms with van der Waals surface area (Å²) in [6.45, 7) is 0.132. The number of hydrogen-bond acceptors (Lipinski definition) is 4. The zero-order chi connectivity index (χ0) is 12.7. The molecule has 0 bridgehead atoms. The van der Waals surface area contributed by atoms with Gasteiger partial charge < -0.3 is 0 Å². The molecular formula is C13H12N2O2S. The lowest BCUT2D eigenvalue weighted by atomic mass is 9.96. The van der Waals surface area contributed by atoms with Crippen molar-refractivity contribution in [3.05, 3.63) is 16.0 Å². The summed E-state index contributed by atoms with van der Waals surface area (Å²) in [6, 6.07) is 2.22. The molecule has 0 spiro atoms. The van der Waals surface area contributed by atoms with Crippen molar-refractivity contribution in [2.24, 2.45) is 0 Å². The first kappa shape index (κ1) is 11.4. The highest BCUT2D eigenvalue weighted by Gasteiger charge is 2.33. The number of carbonyl (C=O) groups is 2. The smallest absolute Gasteiger partial charge is 0.235 e. The fourth-order valence-corrected chi connectivity index (χ4v) is 3.98. The highest BCUT2D eigenvalue weighted by atomic mass is 32.1. The van der Waals surface area contributed by atoms with Gasteiger partial charge in [-0.25, -0.2) is 0 Å². The Kier molecular flexibility index (Phi) is 2.67. The van der Waals surface area contributed by atoms with Crippen molar-refractivity contribution in [1.82, 2.24) is 0 Å². The molecule has 2 heterocycles. The van der Waals surface area contributed by atoms with Crippen molar-refractivity contribution >= 4 is 28.0 Å². The van der Waals surface area contributed by atoms with Crippen molar-refractivity contribution < 1.29 is 9.59 Å². The number of nitrogens with zero attached hydrogens (tertiary/aromatic N) is 2. The van der Waals surface area contributed by atoms with Gasteiger partial charge in [0, 0.05) is 4.88 Å². The van der Waals surface area contributed by atoms with Gasteiger partial charge in [0.2, 0.25) is 5.91 Å². The molecule has 0 aromatic carbocycles. The summed E-state index contributed by atoms with van der Waals surface area (Å²) in [5, 5.41) is 10.0. The number of aryl methyl sites for hydroxylation is 1. The molecule has 0 unspecified atom stereocenters. The first-order chi connectivity index (χ1) is 8.70. The topological polar surface area (TPSA) is 61.2 Å². The number of thiophene rings is 1. The van der Waals surface area contributed by atoms with Crippen molar-refractivity contribution in [2.45, 2.75) is 32.1 Å². The zero-order valence-corrected chi connectivity index (χ0v) is 10.7. The van der Waals surface area contributed by atoms with Crippen LogP contribution in [0.5, 0.6) is 0 Å². The Hall–Kier alpha value is -1.67. The predicted octanol–water partition coefficient (Wildman–Crippen LogP) is 1.80. The third kappa shape index (κ3) is 1.65. The molecule has 0 atom stereocenters. The van der Waals surface area contributed by atoms with Crippen LogP contribution in [0.3, 0.4) is 0 Å². The van der Waals surface area contributed by atoms with Crippen LogP contribution in [0.1, 0.15) is 35.3 Å². The molecule has 4 nitrogen and oxygen atoms in total. The van der Waals surface area contributed by atoms with Crippen molar-refractivity contribution in [3.63, 3.8) is 0 Å². The van der Waals surface area contributed by atoms with Gasteiger partial charge >= 0.3 is 0 Å². The molecule has 18 heavy (non-hydrogen) atoms. The summed E-state index contributed by atoms with van der Waals surface area (Å²) in [5.41, 5.74) is 1.73. The van der Waals surface area contributed by atoms with E-state index in [4.69, 9.17) is 0 Å². The Morgan fingerprint density at radius 1 is 1.22 bits per heavy atom. The highest BCUT2D eigenvalue weighted by molar-refractivity contribution is 7.16. The molecule has 2 aliphatic rings. The maximum atomic E-state index is 11.8. The van der Waals surface area contributed by atoms with E-state index >= 15 is 0 Å². The minimum atomic E-state index is -0.171. The third-order valence-electron chi connectivity index (χ3n) is 3.49. The molecule has 3 rings (SSSR count). The van der Waals surface area contributed by atoms with Gasteiger partial charge in [-0.1, -0.05) is 0 Å². The Morgan fingerprint density at radius 2 is 2.00 bits per heavy atom. The number of ketones is 1. The van der Waals surface area contributed by atoms with Crippen molar-refractivity contribution in [1.29, 1.82) is 5.26 Å². The molecule has 1 aliphatic carbocycles. The quantitative estimate of drug-likeness (QED) is 0.723. The lowest BCUT2D eigenvalue weighted by Crippen LogP contribution is -2.24. The van der Waals surface area contributed by atoms with Crippen LogP contribution in [0.25, 0.3) is 0 Å². The van der Waals surface area contributed by atoms with Crippen LogP contribution in [0.15, 0.2) is 0 Å². The first-order valence-electron chi connectivity index (χ1n) is 6.07. The molecule has 1 aromatic heterocycles. The van der Waals surface area contributed by atoms with E-state index in [0.29, 0.717) is 10.6 Å².